The first-order valence-corrected chi connectivity index (χ1v) is 49.6. The van der Waals surface area contributed by atoms with Gasteiger partial charge in [-0.2, -0.15) is 0 Å². The van der Waals surface area contributed by atoms with E-state index in [9.17, 15) is 43.2 Å². The minimum atomic E-state index is -4.97. The summed E-state index contributed by atoms with van der Waals surface area (Å²) in [5.41, 5.74) is 0. The molecule has 2 unspecified atom stereocenters. The van der Waals surface area contributed by atoms with E-state index in [-0.39, 0.29) is 25.7 Å². The predicted molar refractivity (Wildman–Crippen MR) is 451 cm³/mol. The summed E-state index contributed by atoms with van der Waals surface area (Å²) in [6.45, 7) is 7.41. The van der Waals surface area contributed by atoms with Gasteiger partial charge in [0.05, 0.1) is 26.4 Å². The lowest BCUT2D eigenvalue weighted by atomic mass is 10.0. The van der Waals surface area contributed by atoms with Gasteiger partial charge < -0.3 is 33.8 Å². The molecule has 648 valence electrons. The van der Waals surface area contributed by atoms with Crippen molar-refractivity contribution in [3.8, 4) is 0 Å². The van der Waals surface area contributed by atoms with Crippen molar-refractivity contribution in [2.24, 2.45) is 5.92 Å². The van der Waals surface area contributed by atoms with Crippen molar-refractivity contribution < 1.29 is 80.2 Å². The van der Waals surface area contributed by atoms with Gasteiger partial charge in [0.1, 0.15) is 19.3 Å². The maximum absolute atomic E-state index is 13.2. The largest absolute Gasteiger partial charge is 0.472 e. The van der Waals surface area contributed by atoms with Gasteiger partial charge in [0, 0.05) is 25.7 Å². The molecule has 0 saturated heterocycles. The molecule has 0 aliphatic carbocycles. The number of ether oxygens (including phenoxy) is 4. The molecule has 0 aromatic carbocycles. The van der Waals surface area contributed by atoms with Crippen LogP contribution in [0.15, 0.2) is 0 Å². The Labute approximate surface area is 670 Å². The fourth-order valence-corrected chi connectivity index (χ4v) is 15.8. The van der Waals surface area contributed by atoms with Crippen molar-refractivity contribution in [3.05, 3.63) is 0 Å². The molecule has 19 heteroatoms. The number of phosphoric ester groups is 2. The van der Waals surface area contributed by atoms with E-state index in [0.717, 1.165) is 95.8 Å². The molecular formula is C90H176O17P2. The molecule has 0 aliphatic rings. The number of hydrogen-bond donors (Lipinski definition) is 3. The van der Waals surface area contributed by atoms with Crippen molar-refractivity contribution in [3.63, 3.8) is 0 Å². The molecule has 17 nitrogen and oxygen atoms in total. The third-order valence-corrected chi connectivity index (χ3v) is 23.2. The summed E-state index contributed by atoms with van der Waals surface area (Å²) in [6.07, 6.45) is 78.0. The monoisotopic (exact) mass is 1590 g/mol. The second-order valence-corrected chi connectivity index (χ2v) is 35.7. The van der Waals surface area contributed by atoms with E-state index in [0.29, 0.717) is 25.7 Å². The number of rotatable bonds is 90. The fourth-order valence-electron chi connectivity index (χ4n) is 14.2. The van der Waals surface area contributed by atoms with Crippen LogP contribution in [0, 0.1) is 5.92 Å². The van der Waals surface area contributed by atoms with Crippen molar-refractivity contribution in [1.82, 2.24) is 0 Å². The molecule has 5 atom stereocenters. The summed E-state index contributed by atoms with van der Waals surface area (Å²) in [6, 6.07) is 0. The molecule has 0 aliphatic heterocycles. The van der Waals surface area contributed by atoms with E-state index in [1.54, 1.807) is 0 Å². The minimum Gasteiger partial charge on any atom is -0.462 e. The van der Waals surface area contributed by atoms with Crippen LogP contribution in [0.4, 0.5) is 0 Å². The van der Waals surface area contributed by atoms with Crippen LogP contribution in [-0.4, -0.2) is 96.7 Å². The molecule has 0 amide bonds. The Morgan fingerprint density at radius 2 is 0.422 bits per heavy atom. The highest BCUT2D eigenvalue weighted by molar-refractivity contribution is 7.47. The SMILES string of the molecule is CCCCCCCCCCCCCCCCCCCCCCCCC(=O)O[C@H](COC(=O)CCCCCCCCCCCCCCCCCCCCC(C)C)COP(=O)(O)OC[C@@H](O)COP(=O)(O)OC[C@@H](COC(=O)CCCCCCCCCCC)OC(=O)CCCCCCCCCCCCCCCCCCC. The Kier molecular flexibility index (Phi) is 81.1. The van der Waals surface area contributed by atoms with Crippen LogP contribution in [0.3, 0.4) is 0 Å². The summed E-state index contributed by atoms with van der Waals surface area (Å²) in [5.74, 6) is -1.27. The molecule has 0 radical (unpaired) electrons. The van der Waals surface area contributed by atoms with E-state index in [4.69, 9.17) is 37.0 Å². The van der Waals surface area contributed by atoms with Gasteiger partial charge in [0.25, 0.3) is 0 Å². The Bertz CT molecular complexity index is 2070. The van der Waals surface area contributed by atoms with Gasteiger partial charge in [-0.25, -0.2) is 9.13 Å². The molecule has 0 aromatic heterocycles. The van der Waals surface area contributed by atoms with Crippen LogP contribution in [0.25, 0.3) is 0 Å². The highest BCUT2D eigenvalue weighted by Crippen LogP contribution is 2.45. The zero-order chi connectivity index (χ0) is 79.7. The summed E-state index contributed by atoms with van der Waals surface area (Å²) < 4.78 is 69.0. The van der Waals surface area contributed by atoms with Gasteiger partial charge in [0.15, 0.2) is 12.2 Å². The number of carbonyl (C=O) groups excluding carboxylic acids is 4. The number of carbonyl (C=O) groups is 4. The smallest absolute Gasteiger partial charge is 0.462 e. The van der Waals surface area contributed by atoms with Gasteiger partial charge in [-0.15, -0.1) is 0 Å². The first-order chi connectivity index (χ1) is 53.0. The lowest BCUT2D eigenvalue weighted by Gasteiger charge is -2.21. The first-order valence-electron chi connectivity index (χ1n) is 46.6. The molecule has 0 saturated carbocycles. The Balaban J connectivity index is 5.19. The molecule has 0 bridgehead atoms. The van der Waals surface area contributed by atoms with E-state index < -0.39 is 97.5 Å². The normalized spacial score (nSPS) is 13.7. The van der Waals surface area contributed by atoms with Crippen LogP contribution in [0.1, 0.15) is 490 Å². The summed E-state index contributed by atoms with van der Waals surface area (Å²) in [4.78, 5) is 73.3. The van der Waals surface area contributed by atoms with Crippen molar-refractivity contribution >= 4 is 39.5 Å². The Morgan fingerprint density at radius 1 is 0.248 bits per heavy atom. The molecule has 0 aromatic rings. The Hall–Kier alpha value is -1.94. The number of esters is 4. The second kappa shape index (κ2) is 82.6. The number of hydrogen-bond acceptors (Lipinski definition) is 15. The fraction of sp³-hybridized carbons (Fsp3) is 0.956. The van der Waals surface area contributed by atoms with Crippen LogP contribution < -0.4 is 0 Å². The zero-order valence-electron chi connectivity index (χ0n) is 71.7. The van der Waals surface area contributed by atoms with Crippen LogP contribution >= 0.6 is 15.6 Å². The molecule has 0 fully saturated rings. The Morgan fingerprint density at radius 3 is 0.624 bits per heavy atom. The summed E-state index contributed by atoms with van der Waals surface area (Å²) in [5, 5.41) is 10.7. The van der Waals surface area contributed by atoms with E-state index in [2.05, 4.69) is 34.6 Å². The first kappa shape index (κ1) is 107. The molecular weight excluding hydrogens is 1410 g/mol. The van der Waals surface area contributed by atoms with Crippen LogP contribution in [0.5, 0.6) is 0 Å². The van der Waals surface area contributed by atoms with Gasteiger partial charge in [-0.05, 0) is 31.6 Å². The number of aliphatic hydroxyl groups excluding tert-OH is 1. The quantitative estimate of drug-likeness (QED) is 0.0222. The minimum absolute atomic E-state index is 0.109. The van der Waals surface area contributed by atoms with Gasteiger partial charge in [-0.3, -0.25) is 37.3 Å². The van der Waals surface area contributed by atoms with E-state index in [1.807, 2.05) is 0 Å². The molecule has 0 rings (SSSR count). The lowest BCUT2D eigenvalue weighted by Crippen LogP contribution is -2.30. The molecule has 0 heterocycles. The van der Waals surface area contributed by atoms with Gasteiger partial charge >= 0.3 is 39.5 Å². The number of unbranched alkanes of at least 4 members (excludes halogenated alkanes) is 62. The summed E-state index contributed by atoms with van der Waals surface area (Å²) in [7, 11) is -9.93. The zero-order valence-corrected chi connectivity index (χ0v) is 73.5. The van der Waals surface area contributed by atoms with E-state index >= 15 is 0 Å². The van der Waals surface area contributed by atoms with Crippen LogP contribution in [0.2, 0.25) is 0 Å². The predicted octanol–water partition coefficient (Wildman–Crippen LogP) is 27.9. The van der Waals surface area contributed by atoms with Gasteiger partial charge in [0.2, 0.25) is 0 Å². The van der Waals surface area contributed by atoms with Crippen LogP contribution in [-0.2, 0) is 65.4 Å². The number of phosphoric acid groups is 2. The number of aliphatic hydroxyl groups is 1. The topological polar surface area (TPSA) is 237 Å². The lowest BCUT2D eigenvalue weighted by molar-refractivity contribution is -0.161. The molecule has 0 spiro atoms. The molecule has 3 N–H and O–H groups in total. The highest BCUT2D eigenvalue weighted by atomic mass is 31.2. The average Bonchev–Trinajstić information content (AvgIpc) is 0.898. The maximum Gasteiger partial charge on any atom is 0.472 e. The van der Waals surface area contributed by atoms with Crippen molar-refractivity contribution in [2.45, 2.75) is 509 Å². The highest BCUT2D eigenvalue weighted by Gasteiger charge is 2.31. The summed E-state index contributed by atoms with van der Waals surface area (Å²) >= 11 is 0. The standard InChI is InChI=1S/C90H176O17P2/c1-6-9-12-15-18-21-23-25-27-29-30-31-32-33-39-43-47-51-56-61-66-71-76-90(95)107-86(80-101-88(93)74-69-64-59-54-49-45-41-38-35-34-37-40-44-48-53-57-62-67-72-83(4)5)82-105-109(98,99)103-78-84(91)77-102-108(96,97)104-81-85(79-100-87(92)73-68-63-58-52-20-17-14-11-8-3)106-89(94)75-70-65-60-55-50-46-42-36-28-26-24-22-19-16-13-10-7-2/h83-86,91H,6-82H2,1-5H3,(H,96,97)(H,98,99)/t84-,85+,86+/m0/s1. The third kappa shape index (κ3) is 83.8. The maximum atomic E-state index is 13.2. The van der Waals surface area contributed by atoms with Crippen molar-refractivity contribution in [1.29, 1.82) is 0 Å². The molecule has 109 heavy (non-hydrogen) atoms. The van der Waals surface area contributed by atoms with E-state index in [1.165, 1.54) is 315 Å². The second-order valence-electron chi connectivity index (χ2n) is 32.8. The third-order valence-electron chi connectivity index (χ3n) is 21.3. The van der Waals surface area contributed by atoms with Crippen molar-refractivity contribution in [2.75, 3.05) is 39.6 Å². The average molecular weight is 1590 g/mol. The van der Waals surface area contributed by atoms with Gasteiger partial charge in [-0.1, -0.05) is 439 Å².